The van der Waals surface area contributed by atoms with E-state index < -0.39 is 0 Å². The number of aryl methyl sites for hydroxylation is 1. The van der Waals surface area contributed by atoms with E-state index in [1.165, 1.54) is 0 Å². The van der Waals surface area contributed by atoms with Crippen molar-refractivity contribution in [2.24, 2.45) is 5.73 Å². The second kappa shape index (κ2) is 5.52. The fraction of sp³-hybridized carbons (Fsp3) is 0.692. The van der Waals surface area contributed by atoms with Gasteiger partial charge in [-0.2, -0.15) is 0 Å². The number of nitrogens with zero attached hydrogens (tertiary/aromatic N) is 3. The molecule has 5 heteroatoms. The Morgan fingerprint density at radius 1 is 1.61 bits per heavy atom. The second-order valence-electron chi connectivity index (χ2n) is 5.27. The van der Waals surface area contributed by atoms with Gasteiger partial charge in [0.1, 0.15) is 5.82 Å². The van der Waals surface area contributed by atoms with Crippen molar-refractivity contribution < 1.29 is 4.79 Å². The Morgan fingerprint density at radius 2 is 2.39 bits per heavy atom. The van der Waals surface area contributed by atoms with Crippen molar-refractivity contribution in [3.05, 3.63) is 18.2 Å². The maximum absolute atomic E-state index is 12.0. The van der Waals surface area contributed by atoms with Crippen molar-refractivity contribution >= 4 is 5.91 Å². The number of nitrogens with two attached hydrogens (primary N) is 1. The molecule has 2 heterocycles. The van der Waals surface area contributed by atoms with Crippen LogP contribution in [0.4, 0.5) is 0 Å². The number of amides is 1. The van der Waals surface area contributed by atoms with E-state index in [4.69, 9.17) is 5.73 Å². The van der Waals surface area contributed by atoms with Gasteiger partial charge >= 0.3 is 0 Å². The summed E-state index contributed by atoms with van der Waals surface area (Å²) in [5.41, 5.74) is 5.81. The smallest absolute Gasteiger partial charge is 0.224 e. The first-order valence-electron chi connectivity index (χ1n) is 6.62. The Labute approximate surface area is 108 Å². The molecule has 1 atom stereocenters. The van der Waals surface area contributed by atoms with Crippen LogP contribution < -0.4 is 5.73 Å². The fourth-order valence-electron chi connectivity index (χ4n) is 2.40. The van der Waals surface area contributed by atoms with E-state index in [-0.39, 0.29) is 11.9 Å². The highest BCUT2D eigenvalue weighted by Crippen LogP contribution is 2.13. The maximum atomic E-state index is 12.0. The number of likely N-dealkylation sites (tertiary alicyclic amines) is 1. The molecule has 0 bridgehead atoms. The Hall–Kier alpha value is -1.36. The van der Waals surface area contributed by atoms with E-state index in [1.54, 1.807) is 6.20 Å². The van der Waals surface area contributed by atoms with E-state index in [2.05, 4.69) is 23.4 Å². The van der Waals surface area contributed by atoms with Gasteiger partial charge in [-0.25, -0.2) is 4.98 Å². The Bertz CT molecular complexity index is 413. The highest BCUT2D eigenvalue weighted by molar-refractivity contribution is 5.76. The fourth-order valence-corrected chi connectivity index (χ4v) is 2.40. The molecule has 1 aromatic heterocycles. The lowest BCUT2D eigenvalue weighted by molar-refractivity contribution is -0.130. The molecule has 1 aliphatic heterocycles. The lowest BCUT2D eigenvalue weighted by atomic mass is 10.2. The van der Waals surface area contributed by atoms with Crippen LogP contribution in [0.3, 0.4) is 0 Å². The standard InChI is InChI=1S/C13H22N4O/c1-10(2)13-15-5-8-16(13)7-4-12(18)17-6-3-11(14)9-17/h5,8,10-11H,3-4,6-7,9,14H2,1-2H3/t11-/m1/s1. The van der Waals surface area contributed by atoms with Crippen LogP contribution in [0.1, 0.15) is 38.4 Å². The number of hydrogen-bond acceptors (Lipinski definition) is 3. The van der Waals surface area contributed by atoms with Gasteiger partial charge in [-0.05, 0) is 6.42 Å². The first kappa shape index (κ1) is 13.1. The van der Waals surface area contributed by atoms with Gasteiger partial charge < -0.3 is 15.2 Å². The van der Waals surface area contributed by atoms with Crippen LogP contribution in [0.2, 0.25) is 0 Å². The summed E-state index contributed by atoms with van der Waals surface area (Å²) in [6.45, 7) is 6.44. The minimum Gasteiger partial charge on any atom is -0.341 e. The van der Waals surface area contributed by atoms with Crippen molar-refractivity contribution in [3.63, 3.8) is 0 Å². The first-order chi connectivity index (χ1) is 8.58. The van der Waals surface area contributed by atoms with Crippen LogP contribution in [-0.4, -0.2) is 39.5 Å². The zero-order chi connectivity index (χ0) is 13.1. The quantitative estimate of drug-likeness (QED) is 0.865. The van der Waals surface area contributed by atoms with Gasteiger partial charge in [0.15, 0.2) is 0 Å². The normalized spacial score (nSPS) is 19.8. The number of rotatable bonds is 4. The summed E-state index contributed by atoms with van der Waals surface area (Å²) in [6.07, 6.45) is 5.20. The van der Waals surface area contributed by atoms with Gasteiger partial charge in [0, 0.05) is 50.4 Å². The molecule has 2 N–H and O–H groups in total. The highest BCUT2D eigenvalue weighted by atomic mass is 16.2. The summed E-state index contributed by atoms with van der Waals surface area (Å²) < 4.78 is 2.07. The number of imidazole rings is 1. The molecule has 1 saturated heterocycles. The van der Waals surface area contributed by atoms with E-state index >= 15 is 0 Å². The van der Waals surface area contributed by atoms with Gasteiger partial charge in [-0.1, -0.05) is 13.8 Å². The van der Waals surface area contributed by atoms with E-state index in [0.29, 0.717) is 25.4 Å². The van der Waals surface area contributed by atoms with Crippen LogP contribution in [0.25, 0.3) is 0 Å². The minimum absolute atomic E-state index is 0.161. The van der Waals surface area contributed by atoms with E-state index in [9.17, 15) is 4.79 Å². The molecule has 5 nitrogen and oxygen atoms in total. The maximum Gasteiger partial charge on any atom is 0.224 e. The number of carbonyl (C=O) groups is 1. The second-order valence-corrected chi connectivity index (χ2v) is 5.27. The third-order valence-electron chi connectivity index (χ3n) is 3.41. The molecular formula is C13H22N4O. The lowest BCUT2D eigenvalue weighted by Crippen LogP contribution is -2.32. The van der Waals surface area contributed by atoms with Gasteiger partial charge in [0.25, 0.3) is 0 Å². The molecule has 100 valence electrons. The van der Waals surface area contributed by atoms with Crippen LogP contribution in [-0.2, 0) is 11.3 Å². The molecule has 18 heavy (non-hydrogen) atoms. The van der Waals surface area contributed by atoms with Crippen molar-refractivity contribution in [2.45, 2.75) is 45.2 Å². The van der Waals surface area contributed by atoms with Crippen molar-refractivity contribution in [1.29, 1.82) is 0 Å². The van der Waals surface area contributed by atoms with Crippen molar-refractivity contribution in [1.82, 2.24) is 14.5 Å². The molecular weight excluding hydrogens is 228 g/mol. The summed E-state index contributed by atoms with van der Waals surface area (Å²) in [7, 11) is 0. The lowest BCUT2D eigenvalue weighted by Gasteiger charge is -2.16. The van der Waals surface area contributed by atoms with Gasteiger partial charge in [-0.15, -0.1) is 0 Å². The summed E-state index contributed by atoms with van der Waals surface area (Å²) >= 11 is 0. The van der Waals surface area contributed by atoms with Gasteiger partial charge in [0.05, 0.1) is 0 Å². The van der Waals surface area contributed by atoms with E-state index in [0.717, 1.165) is 18.8 Å². The molecule has 1 fully saturated rings. The largest absolute Gasteiger partial charge is 0.341 e. The topological polar surface area (TPSA) is 64.2 Å². The van der Waals surface area contributed by atoms with E-state index in [1.807, 2.05) is 11.1 Å². The average molecular weight is 250 g/mol. The third-order valence-corrected chi connectivity index (χ3v) is 3.41. The predicted molar refractivity (Wildman–Crippen MR) is 70.1 cm³/mol. The summed E-state index contributed by atoms with van der Waals surface area (Å²) in [4.78, 5) is 18.2. The molecule has 0 spiro atoms. The predicted octanol–water partition coefficient (Wildman–Crippen LogP) is 0.956. The van der Waals surface area contributed by atoms with Crippen molar-refractivity contribution in [3.8, 4) is 0 Å². The van der Waals surface area contributed by atoms with Gasteiger partial charge in [-0.3, -0.25) is 4.79 Å². The molecule has 1 amide bonds. The third kappa shape index (κ3) is 2.90. The molecule has 0 unspecified atom stereocenters. The highest BCUT2D eigenvalue weighted by Gasteiger charge is 2.23. The van der Waals surface area contributed by atoms with Crippen LogP contribution in [0, 0.1) is 0 Å². The monoisotopic (exact) mass is 250 g/mol. The molecule has 0 saturated carbocycles. The molecule has 1 aromatic rings. The first-order valence-corrected chi connectivity index (χ1v) is 6.62. The Balaban J connectivity index is 1.87. The summed E-state index contributed by atoms with van der Waals surface area (Å²) in [6, 6.07) is 0.161. The van der Waals surface area contributed by atoms with Crippen LogP contribution >= 0.6 is 0 Å². The molecule has 1 aliphatic rings. The zero-order valence-corrected chi connectivity index (χ0v) is 11.2. The molecule has 0 aromatic carbocycles. The molecule has 0 aliphatic carbocycles. The Kier molecular flexibility index (Phi) is 4.01. The average Bonchev–Trinajstić information content (AvgIpc) is 2.94. The molecule has 0 radical (unpaired) electrons. The zero-order valence-electron chi connectivity index (χ0n) is 11.2. The molecule has 2 rings (SSSR count). The van der Waals surface area contributed by atoms with Crippen molar-refractivity contribution in [2.75, 3.05) is 13.1 Å². The SMILES string of the molecule is CC(C)c1nccn1CCC(=O)N1CC[C@@H](N)C1. The summed E-state index contributed by atoms with van der Waals surface area (Å²) in [5.74, 6) is 1.63. The number of carbonyl (C=O) groups excluding carboxylic acids is 1. The minimum atomic E-state index is 0.161. The Morgan fingerprint density at radius 3 is 3.00 bits per heavy atom. The number of hydrogen-bond donors (Lipinski definition) is 1. The number of aromatic nitrogens is 2. The van der Waals surface area contributed by atoms with Crippen LogP contribution in [0.15, 0.2) is 12.4 Å². The van der Waals surface area contributed by atoms with Crippen LogP contribution in [0.5, 0.6) is 0 Å². The van der Waals surface area contributed by atoms with Gasteiger partial charge in [0.2, 0.25) is 5.91 Å². The summed E-state index contributed by atoms with van der Waals surface area (Å²) in [5, 5.41) is 0.